The number of ether oxygens (including phenoxy) is 1. The first kappa shape index (κ1) is 28.6. The summed E-state index contributed by atoms with van der Waals surface area (Å²) in [5, 5.41) is 22.5. The van der Waals surface area contributed by atoms with Crippen LogP contribution in [0.25, 0.3) is 0 Å². The van der Waals surface area contributed by atoms with Gasteiger partial charge in [0.2, 0.25) is 0 Å². The Kier molecular flexibility index (Phi) is 10.2. The van der Waals surface area contributed by atoms with Gasteiger partial charge in [-0.25, -0.2) is 0 Å². The lowest BCUT2D eigenvalue weighted by molar-refractivity contribution is -0.137. The van der Waals surface area contributed by atoms with Gasteiger partial charge < -0.3 is 30.9 Å². The van der Waals surface area contributed by atoms with Crippen molar-refractivity contribution in [2.75, 3.05) is 26.0 Å². The van der Waals surface area contributed by atoms with Crippen LogP contribution in [0.5, 0.6) is 11.5 Å². The molecule has 0 bridgehead atoms. The van der Waals surface area contributed by atoms with Gasteiger partial charge in [0.15, 0.2) is 0 Å². The van der Waals surface area contributed by atoms with E-state index in [9.17, 15) is 14.7 Å². The molecule has 0 radical (unpaired) electrons. The molecular weight excluding hydrogens is 484 g/mol. The van der Waals surface area contributed by atoms with E-state index in [1.54, 1.807) is 37.5 Å². The van der Waals surface area contributed by atoms with Crippen molar-refractivity contribution in [3.63, 3.8) is 0 Å². The minimum Gasteiger partial charge on any atom is -0.508 e. The zero-order valence-electron chi connectivity index (χ0n) is 22.3. The van der Waals surface area contributed by atoms with E-state index >= 15 is 0 Å². The van der Waals surface area contributed by atoms with Crippen molar-refractivity contribution in [1.82, 2.24) is 4.90 Å². The van der Waals surface area contributed by atoms with Gasteiger partial charge >= 0.3 is 5.97 Å². The molecule has 1 amide bonds. The molecule has 9 heteroatoms. The molecule has 38 heavy (non-hydrogen) atoms. The summed E-state index contributed by atoms with van der Waals surface area (Å²) in [6.45, 7) is 2.00. The number of hydrogen-bond acceptors (Lipinski definition) is 7. The van der Waals surface area contributed by atoms with E-state index in [-0.39, 0.29) is 30.7 Å². The van der Waals surface area contributed by atoms with Crippen molar-refractivity contribution in [3.05, 3.63) is 59.3 Å². The lowest BCUT2D eigenvalue weighted by atomic mass is 9.80. The number of methoxy groups -OCH3 is 1. The van der Waals surface area contributed by atoms with Crippen LogP contribution in [0.15, 0.2) is 58.7 Å². The lowest BCUT2D eigenvalue weighted by Crippen LogP contribution is -2.34. The Bertz CT molecular complexity index is 1170. The van der Waals surface area contributed by atoms with Crippen LogP contribution in [-0.2, 0) is 4.79 Å². The van der Waals surface area contributed by atoms with Gasteiger partial charge in [-0.2, -0.15) is 0 Å². The van der Waals surface area contributed by atoms with Crippen LogP contribution in [0.2, 0.25) is 0 Å². The smallest absolute Gasteiger partial charge is 0.305 e. The molecule has 1 aliphatic rings. The van der Waals surface area contributed by atoms with Gasteiger partial charge in [-0.3, -0.25) is 14.6 Å². The molecule has 0 aromatic heterocycles. The first-order valence-electron chi connectivity index (χ1n) is 12.9. The number of amides is 1. The number of carboxylic acid groups (broad SMARTS) is 1. The minimum atomic E-state index is -0.941. The molecule has 204 valence electrons. The Morgan fingerprint density at radius 3 is 2.47 bits per heavy atom. The highest BCUT2D eigenvalue weighted by Crippen LogP contribution is 2.33. The number of aromatic hydroxyl groups is 1. The molecule has 0 saturated heterocycles. The van der Waals surface area contributed by atoms with Crippen molar-refractivity contribution >= 4 is 29.5 Å². The second kappa shape index (κ2) is 13.5. The van der Waals surface area contributed by atoms with Gasteiger partial charge in [0.1, 0.15) is 11.5 Å². The molecule has 1 fully saturated rings. The lowest BCUT2D eigenvalue weighted by Gasteiger charge is -2.33. The van der Waals surface area contributed by atoms with Gasteiger partial charge in [0.05, 0.1) is 25.3 Å². The number of phenols is 1. The fourth-order valence-electron chi connectivity index (χ4n) is 4.72. The summed E-state index contributed by atoms with van der Waals surface area (Å²) in [7, 11) is 3.13. The summed E-state index contributed by atoms with van der Waals surface area (Å²) in [5.74, 6) is -0.239. The summed E-state index contributed by atoms with van der Waals surface area (Å²) in [6.07, 6.45) is 7.29. The fraction of sp³-hybridized carbons (Fsp3) is 0.414. The number of carbonyl (C=O) groups is 2. The molecule has 5 N–H and O–H groups in total. The number of hydrogen-bond donors (Lipinski definition) is 4. The van der Waals surface area contributed by atoms with Crippen LogP contribution in [0.3, 0.4) is 0 Å². The van der Waals surface area contributed by atoms with Gasteiger partial charge in [-0.05, 0) is 49.9 Å². The first-order chi connectivity index (χ1) is 18.2. The van der Waals surface area contributed by atoms with Crippen molar-refractivity contribution in [2.24, 2.45) is 16.6 Å². The number of benzene rings is 2. The number of nitrogens with one attached hydrogen (secondary N) is 1. The summed E-state index contributed by atoms with van der Waals surface area (Å²) < 4.78 is 5.24. The molecule has 0 aliphatic heterocycles. The Morgan fingerprint density at radius 2 is 1.87 bits per heavy atom. The maximum absolute atomic E-state index is 12.7. The van der Waals surface area contributed by atoms with Crippen LogP contribution in [-0.4, -0.2) is 59.9 Å². The number of aliphatic imine (C=N–C) groups is 1. The second-order valence-corrected chi connectivity index (χ2v) is 9.75. The van der Waals surface area contributed by atoms with Crippen molar-refractivity contribution < 1.29 is 24.5 Å². The number of nitrogens with zero attached hydrogens (tertiary/aromatic N) is 2. The van der Waals surface area contributed by atoms with E-state index in [2.05, 4.69) is 10.3 Å². The Hall–Kier alpha value is -4.01. The average molecular weight is 523 g/mol. The third kappa shape index (κ3) is 7.99. The zero-order chi connectivity index (χ0) is 27.7. The van der Waals surface area contributed by atoms with Crippen LogP contribution < -0.4 is 15.8 Å². The minimum absolute atomic E-state index is 0.0664. The van der Waals surface area contributed by atoms with Crippen LogP contribution in [0.1, 0.15) is 55.8 Å². The molecule has 0 heterocycles. The largest absolute Gasteiger partial charge is 0.508 e. The number of allylic oxidation sites excluding steroid dienone is 1. The molecule has 2 aromatic carbocycles. The van der Waals surface area contributed by atoms with Gasteiger partial charge in [0, 0.05) is 60.5 Å². The Labute approximate surface area is 224 Å². The molecule has 3 rings (SSSR count). The number of aliphatic carboxylic acids is 1. The Balaban J connectivity index is 1.84. The van der Waals surface area contributed by atoms with E-state index in [0.29, 0.717) is 28.6 Å². The molecule has 1 aliphatic carbocycles. The fourth-order valence-corrected chi connectivity index (χ4v) is 4.72. The van der Waals surface area contributed by atoms with Crippen molar-refractivity contribution in [1.29, 1.82) is 0 Å². The predicted molar refractivity (Wildman–Crippen MR) is 149 cm³/mol. The van der Waals surface area contributed by atoms with E-state index < -0.39 is 5.97 Å². The zero-order valence-corrected chi connectivity index (χ0v) is 22.3. The number of anilines is 1. The average Bonchev–Trinajstić information content (AvgIpc) is 2.91. The number of nitrogens with two attached hydrogens (primary N) is 1. The van der Waals surface area contributed by atoms with Crippen LogP contribution in [0, 0.1) is 5.92 Å². The second-order valence-electron chi connectivity index (χ2n) is 9.75. The first-order valence-corrected chi connectivity index (χ1v) is 12.9. The third-order valence-corrected chi connectivity index (χ3v) is 6.84. The van der Waals surface area contributed by atoms with Crippen molar-refractivity contribution in [3.8, 4) is 11.5 Å². The maximum atomic E-state index is 12.7. The summed E-state index contributed by atoms with van der Waals surface area (Å²) in [6, 6.07) is 11.9. The summed E-state index contributed by atoms with van der Waals surface area (Å²) >= 11 is 0. The predicted octanol–water partition coefficient (Wildman–Crippen LogP) is 4.94. The van der Waals surface area contributed by atoms with Gasteiger partial charge in [-0.15, -0.1) is 0 Å². The SMILES string of the molecule is COc1cc(O)cc(N=CC(=C(C)N)C(Nc2ccc(C(=O)N(C)CCC(=O)O)cc2)C2CCCCC2)c1. The highest BCUT2D eigenvalue weighted by Gasteiger charge is 2.27. The Morgan fingerprint density at radius 1 is 1.18 bits per heavy atom. The molecular formula is C29H38N4O5. The normalized spacial score (nSPS) is 15.6. The quantitative estimate of drug-likeness (QED) is 0.307. The molecule has 1 unspecified atom stereocenters. The number of carbonyl (C=O) groups excluding carboxylic acids is 1. The highest BCUT2D eigenvalue weighted by atomic mass is 16.5. The van der Waals surface area contributed by atoms with Gasteiger partial charge in [0.25, 0.3) is 5.91 Å². The molecule has 0 spiro atoms. The van der Waals surface area contributed by atoms with E-state index in [1.165, 1.54) is 24.5 Å². The maximum Gasteiger partial charge on any atom is 0.305 e. The van der Waals surface area contributed by atoms with E-state index in [1.807, 2.05) is 19.1 Å². The topological polar surface area (TPSA) is 137 Å². The number of rotatable bonds is 11. The van der Waals surface area contributed by atoms with Crippen molar-refractivity contribution in [2.45, 2.75) is 51.5 Å². The summed E-state index contributed by atoms with van der Waals surface area (Å²) in [5.41, 5.74) is 9.78. The number of carboxylic acids is 1. The number of phenolic OH excluding ortho intramolecular Hbond substituents is 1. The van der Waals surface area contributed by atoms with E-state index in [0.717, 1.165) is 36.9 Å². The van der Waals surface area contributed by atoms with Gasteiger partial charge in [-0.1, -0.05) is 19.3 Å². The molecule has 2 aromatic rings. The molecule has 9 nitrogen and oxygen atoms in total. The third-order valence-electron chi connectivity index (χ3n) is 6.84. The van der Waals surface area contributed by atoms with Crippen LogP contribution >= 0.6 is 0 Å². The molecule has 1 saturated carbocycles. The molecule has 1 atom stereocenters. The monoisotopic (exact) mass is 522 g/mol. The van der Waals surface area contributed by atoms with Crippen LogP contribution in [0.4, 0.5) is 11.4 Å². The highest BCUT2D eigenvalue weighted by molar-refractivity contribution is 5.94. The van der Waals surface area contributed by atoms with E-state index in [4.69, 9.17) is 15.6 Å². The summed E-state index contributed by atoms with van der Waals surface area (Å²) in [4.78, 5) is 29.5. The standard InChI is InChI=1S/C29H38N4O5/c1-19(30)26(18-31-23-15-24(34)17-25(16-23)38-3)28(20-7-5-4-6-8-20)32-22-11-9-21(10-12-22)29(37)33(2)14-13-27(35)36/h9-12,15-18,20,28,32,34H,4-8,13-14,30H2,1-3H3,(H,35,36).